The molecule has 0 aromatic carbocycles. The van der Waals surface area contributed by atoms with E-state index in [9.17, 15) is 4.79 Å². The predicted octanol–water partition coefficient (Wildman–Crippen LogP) is 0.751. The third-order valence-electron chi connectivity index (χ3n) is 1.43. The lowest BCUT2D eigenvalue weighted by atomic mass is 10.2. The van der Waals surface area contributed by atoms with E-state index in [-0.39, 0.29) is 5.92 Å². The summed E-state index contributed by atoms with van der Waals surface area (Å²) in [5, 5.41) is 4.06. The number of nitrogens with zero attached hydrogens (tertiary/aromatic N) is 3. The number of aromatic nitrogens is 3. The first kappa shape index (κ1) is 7.91. The highest BCUT2D eigenvalue weighted by Gasteiger charge is 2.08. The Bertz CT molecular complexity index is 265. The lowest BCUT2D eigenvalue weighted by molar-refractivity contribution is 0.111. The van der Waals surface area contributed by atoms with Gasteiger partial charge in [-0.2, -0.15) is 5.10 Å². The minimum Gasteiger partial charge on any atom is -0.294 e. The lowest BCUT2D eigenvalue weighted by Gasteiger charge is -1.93. The fraction of sp³-hybridized carbons (Fsp3) is 0.571. The van der Waals surface area contributed by atoms with Crippen molar-refractivity contribution in [3.05, 3.63) is 11.6 Å². The maximum Gasteiger partial charge on any atom is 0.191 e. The monoisotopic (exact) mass is 153 g/mol. The second-order valence-electron chi connectivity index (χ2n) is 2.72. The second-order valence-corrected chi connectivity index (χ2v) is 2.72. The molecular weight excluding hydrogens is 142 g/mol. The molecule has 1 aromatic rings. The predicted molar refractivity (Wildman–Crippen MR) is 40.5 cm³/mol. The highest BCUT2D eigenvalue weighted by molar-refractivity contribution is 5.68. The summed E-state index contributed by atoms with van der Waals surface area (Å²) in [7, 11) is 1.71. The van der Waals surface area contributed by atoms with Gasteiger partial charge in [0.2, 0.25) is 0 Å². The molecule has 11 heavy (non-hydrogen) atoms. The zero-order valence-corrected chi connectivity index (χ0v) is 6.90. The minimum absolute atomic E-state index is 0.273. The van der Waals surface area contributed by atoms with Crippen LogP contribution in [-0.4, -0.2) is 21.1 Å². The summed E-state index contributed by atoms with van der Waals surface area (Å²) in [6.07, 6.45) is 0.707. The molecule has 0 saturated carbocycles. The maximum absolute atomic E-state index is 10.3. The summed E-state index contributed by atoms with van der Waals surface area (Å²) in [6, 6.07) is 0. The Morgan fingerprint density at radius 2 is 2.18 bits per heavy atom. The molecule has 0 aliphatic heterocycles. The van der Waals surface area contributed by atoms with Crippen molar-refractivity contribution in [1.82, 2.24) is 14.8 Å². The van der Waals surface area contributed by atoms with Gasteiger partial charge in [0.15, 0.2) is 17.9 Å². The van der Waals surface area contributed by atoms with Crippen LogP contribution in [0.15, 0.2) is 0 Å². The van der Waals surface area contributed by atoms with Crippen LogP contribution in [0.1, 0.15) is 36.2 Å². The van der Waals surface area contributed by atoms with E-state index < -0.39 is 0 Å². The minimum atomic E-state index is 0.273. The van der Waals surface area contributed by atoms with Crippen molar-refractivity contribution < 1.29 is 4.79 Å². The molecule has 1 aromatic heterocycles. The molecule has 0 aliphatic carbocycles. The van der Waals surface area contributed by atoms with E-state index in [0.29, 0.717) is 12.1 Å². The summed E-state index contributed by atoms with van der Waals surface area (Å²) in [6.45, 7) is 3.98. The van der Waals surface area contributed by atoms with Crippen LogP contribution in [0.3, 0.4) is 0 Å². The molecule has 0 bridgehead atoms. The Morgan fingerprint density at radius 3 is 2.45 bits per heavy atom. The quantitative estimate of drug-likeness (QED) is 0.589. The molecular formula is C7H11N3O. The van der Waals surface area contributed by atoms with E-state index in [1.165, 1.54) is 4.68 Å². The van der Waals surface area contributed by atoms with Crippen molar-refractivity contribution in [2.45, 2.75) is 19.8 Å². The van der Waals surface area contributed by atoms with Crippen molar-refractivity contribution >= 4 is 6.29 Å². The summed E-state index contributed by atoms with van der Waals surface area (Å²) in [4.78, 5) is 14.4. The number of hydrogen-bond donors (Lipinski definition) is 0. The van der Waals surface area contributed by atoms with Crippen molar-refractivity contribution in [2.24, 2.45) is 7.05 Å². The standard InChI is InChI=1S/C7H11N3O/c1-5(2)7-8-6(4-11)10(3)9-7/h4-5H,1-3H3. The zero-order valence-electron chi connectivity index (χ0n) is 6.90. The summed E-state index contributed by atoms with van der Waals surface area (Å²) in [5.41, 5.74) is 0. The van der Waals surface area contributed by atoms with Gasteiger partial charge in [-0.3, -0.25) is 4.79 Å². The largest absolute Gasteiger partial charge is 0.294 e. The van der Waals surface area contributed by atoms with Gasteiger partial charge in [-0.1, -0.05) is 13.8 Å². The van der Waals surface area contributed by atoms with Gasteiger partial charge in [-0.15, -0.1) is 0 Å². The van der Waals surface area contributed by atoms with Gasteiger partial charge in [0.1, 0.15) is 0 Å². The molecule has 0 aliphatic rings. The third-order valence-corrected chi connectivity index (χ3v) is 1.43. The van der Waals surface area contributed by atoms with Crippen LogP contribution in [0.25, 0.3) is 0 Å². The van der Waals surface area contributed by atoms with E-state index in [4.69, 9.17) is 0 Å². The van der Waals surface area contributed by atoms with E-state index in [2.05, 4.69) is 10.1 Å². The average Bonchev–Trinajstić information content (AvgIpc) is 2.31. The Balaban J connectivity index is 3.04. The van der Waals surface area contributed by atoms with Gasteiger partial charge >= 0.3 is 0 Å². The van der Waals surface area contributed by atoms with E-state index in [1.54, 1.807) is 7.05 Å². The van der Waals surface area contributed by atoms with Crippen molar-refractivity contribution in [2.75, 3.05) is 0 Å². The molecule has 0 N–H and O–H groups in total. The molecule has 4 heteroatoms. The molecule has 1 rings (SSSR count). The van der Waals surface area contributed by atoms with Crippen LogP contribution in [0, 0.1) is 0 Å². The third kappa shape index (κ3) is 1.45. The first-order valence-corrected chi connectivity index (χ1v) is 3.51. The van der Waals surface area contributed by atoms with E-state index in [1.807, 2.05) is 13.8 Å². The maximum atomic E-state index is 10.3. The molecule has 1 heterocycles. The number of aldehydes is 1. The Hall–Kier alpha value is -1.19. The molecule has 60 valence electrons. The number of carbonyl (C=O) groups excluding carboxylic acids is 1. The van der Waals surface area contributed by atoms with Crippen LogP contribution in [0.4, 0.5) is 0 Å². The van der Waals surface area contributed by atoms with Crippen LogP contribution in [-0.2, 0) is 7.05 Å². The molecule has 0 unspecified atom stereocenters. The van der Waals surface area contributed by atoms with Crippen LogP contribution in [0.5, 0.6) is 0 Å². The molecule has 0 fully saturated rings. The van der Waals surface area contributed by atoms with Gasteiger partial charge in [0.05, 0.1) is 0 Å². The van der Waals surface area contributed by atoms with Crippen molar-refractivity contribution in [3.8, 4) is 0 Å². The van der Waals surface area contributed by atoms with Crippen LogP contribution < -0.4 is 0 Å². The molecule has 0 radical (unpaired) electrons. The smallest absolute Gasteiger partial charge is 0.191 e. The summed E-state index contributed by atoms with van der Waals surface area (Å²) >= 11 is 0. The van der Waals surface area contributed by atoms with Gasteiger partial charge in [0, 0.05) is 13.0 Å². The zero-order chi connectivity index (χ0) is 8.43. The fourth-order valence-electron chi connectivity index (χ4n) is 0.764. The van der Waals surface area contributed by atoms with Gasteiger partial charge < -0.3 is 0 Å². The Kier molecular flexibility index (Phi) is 2.03. The highest BCUT2D eigenvalue weighted by Crippen LogP contribution is 2.07. The van der Waals surface area contributed by atoms with Gasteiger partial charge in [-0.25, -0.2) is 9.67 Å². The number of hydrogen-bond acceptors (Lipinski definition) is 3. The first-order chi connectivity index (χ1) is 5.15. The summed E-state index contributed by atoms with van der Waals surface area (Å²) < 4.78 is 1.49. The SMILES string of the molecule is CC(C)c1nc(C=O)n(C)n1. The van der Waals surface area contributed by atoms with Gasteiger partial charge in [0.25, 0.3) is 0 Å². The van der Waals surface area contributed by atoms with E-state index in [0.717, 1.165) is 5.82 Å². The highest BCUT2D eigenvalue weighted by atomic mass is 16.1. The summed E-state index contributed by atoms with van der Waals surface area (Å²) in [5.74, 6) is 1.37. The molecule has 0 atom stereocenters. The van der Waals surface area contributed by atoms with Crippen LogP contribution >= 0.6 is 0 Å². The Labute approximate surface area is 65.2 Å². The Morgan fingerprint density at radius 1 is 1.55 bits per heavy atom. The topological polar surface area (TPSA) is 47.8 Å². The molecule has 4 nitrogen and oxygen atoms in total. The lowest BCUT2D eigenvalue weighted by Crippen LogP contribution is -1.96. The second kappa shape index (κ2) is 2.82. The average molecular weight is 153 g/mol. The first-order valence-electron chi connectivity index (χ1n) is 3.51. The van der Waals surface area contributed by atoms with Crippen molar-refractivity contribution in [1.29, 1.82) is 0 Å². The van der Waals surface area contributed by atoms with E-state index >= 15 is 0 Å². The number of rotatable bonds is 2. The molecule has 0 saturated heterocycles. The normalized spacial score (nSPS) is 10.5. The van der Waals surface area contributed by atoms with Crippen molar-refractivity contribution in [3.63, 3.8) is 0 Å². The number of aryl methyl sites for hydroxylation is 1. The molecule has 0 spiro atoms. The van der Waals surface area contributed by atoms with Gasteiger partial charge in [-0.05, 0) is 0 Å². The number of carbonyl (C=O) groups is 1. The van der Waals surface area contributed by atoms with Crippen LogP contribution in [0.2, 0.25) is 0 Å². The molecule has 0 amide bonds. The fourth-order valence-corrected chi connectivity index (χ4v) is 0.764.